The molecule has 0 aliphatic rings. The Morgan fingerprint density at radius 1 is 0.900 bits per heavy atom. The van der Waals surface area contributed by atoms with E-state index in [1.165, 1.54) is 18.4 Å². The maximum Gasteiger partial charge on any atom is 0.308 e. The first-order valence-corrected chi connectivity index (χ1v) is 17.8. The molecule has 1 aromatic heterocycles. The van der Waals surface area contributed by atoms with Crippen LogP contribution in [0, 0.1) is 16.7 Å². The maximum atomic E-state index is 14.4. The molecule has 0 fully saturated rings. The fourth-order valence-corrected chi connectivity index (χ4v) is 5.86. The third-order valence-corrected chi connectivity index (χ3v) is 9.21. The molecule has 6 atom stereocenters. The van der Waals surface area contributed by atoms with Crippen molar-refractivity contribution in [2.45, 2.75) is 105 Å². The zero-order chi connectivity index (χ0) is 37.8. The zero-order valence-electron chi connectivity index (χ0n) is 31.1. The van der Waals surface area contributed by atoms with Gasteiger partial charge in [-0.2, -0.15) is 0 Å². The van der Waals surface area contributed by atoms with Crippen LogP contribution < -0.4 is 27.0 Å². The van der Waals surface area contributed by atoms with Crippen LogP contribution in [0.4, 0.5) is 0 Å². The van der Waals surface area contributed by atoms with Crippen LogP contribution in [0.1, 0.15) is 91.3 Å². The summed E-state index contributed by atoms with van der Waals surface area (Å²) in [5, 5.41) is 24.2. The van der Waals surface area contributed by atoms with Crippen molar-refractivity contribution < 1.29 is 29.0 Å². The van der Waals surface area contributed by atoms with Crippen LogP contribution in [0.2, 0.25) is 0 Å². The second-order valence-corrected chi connectivity index (χ2v) is 15.8. The number of hydrogen-bond acceptors (Lipinski definition) is 10. The summed E-state index contributed by atoms with van der Waals surface area (Å²) < 4.78 is 4.88. The molecule has 1 aromatic carbocycles. The highest BCUT2D eigenvalue weighted by Crippen LogP contribution is 2.27. The second-order valence-electron chi connectivity index (χ2n) is 14.9. The smallest absolute Gasteiger partial charge is 0.308 e. The Morgan fingerprint density at radius 2 is 1.52 bits per heavy atom. The number of nitrogens with one attached hydrogen (secondary N) is 4. The van der Waals surface area contributed by atoms with Crippen molar-refractivity contribution in [3.05, 3.63) is 52.5 Å². The van der Waals surface area contributed by atoms with Gasteiger partial charge in [0, 0.05) is 17.5 Å². The molecule has 0 aliphatic carbocycles. The van der Waals surface area contributed by atoms with E-state index < -0.39 is 64.7 Å². The van der Waals surface area contributed by atoms with Gasteiger partial charge in [-0.05, 0) is 22.3 Å². The summed E-state index contributed by atoms with van der Waals surface area (Å²) in [5.41, 5.74) is 5.69. The number of carbonyl (C=O) groups excluding carboxylic acids is 4. The number of ether oxygens (including phenoxy) is 1. The van der Waals surface area contributed by atoms with Crippen molar-refractivity contribution >= 4 is 40.9 Å². The van der Waals surface area contributed by atoms with Crippen molar-refractivity contribution in [1.82, 2.24) is 26.3 Å². The van der Waals surface area contributed by atoms with E-state index in [1.807, 2.05) is 92.6 Å². The van der Waals surface area contributed by atoms with E-state index in [2.05, 4.69) is 31.2 Å². The van der Waals surface area contributed by atoms with Crippen molar-refractivity contribution in [2.24, 2.45) is 27.5 Å². The summed E-state index contributed by atoms with van der Waals surface area (Å²) in [6, 6.07) is 5.05. The van der Waals surface area contributed by atoms with E-state index in [0.29, 0.717) is 10.8 Å². The molecule has 2 rings (SSSR count). The Bertz CT molecular complexity index is 1420. The number of benzene rings is 1. The topological polar surface area (TPSA) is 197 Å². The Labute approximate surface area is 300 Å². The number of nitrogens with two attached hydrogens (primary N) is 1. The molecular weight excluding hydrogens is 659 g/mol. The first-order valence-electron chi connectivity index (χ1n) is 16.9. The number of methoxy groups -OCH3 is 1. The molecule has 3 amide bonds. The molecule has 0 spiro atoms. The van der Waals surface area contributed by atoms with Gasteiger partial charge in [-0.25, -0.2) is 4.98 Å². The predicted molar refractivity (Wildman–Crippen MR) is 196 cm³/mol. The normalized spacial score (nSPS) is 16.0. The summed E-state index contributed by atoms with van der Waals surface area (Å²) in [6.45, 7) is 16.7. The molecule has 2 aromatic rings. The van der Waals surface area contributed by atoms with E-state index in [-0.39, 0.29) is 31.4 Å². The van der Waals surface area contributed by atoms with Crippen LogP contribution in [-0.4, -0.2) is 84.0 Å². The van der Waals surface area contributed by atoms with Gasteiger partial charge in [0.05, 0.1) is 44.8 Å². The molecule has 50 heavy (non-hydrogen) atoms. The van der Waals surface area contributed by atoms with Gasteiger partial charge in [-0.15, -0.1) is 11.3 Å². The van der Waals surface area contributed by atoms with E-state index in [4.69, 9.17) is 10.5 Å². The van der Waals surface area contributed by atoms with Crippen molar-refractivity contribution in [1.29, 1.82) is 0 Å². The van der Waals surface area contributed by atoms with Gasteiger partial charge in [0.2, 0.25) is 17.7 Å². The molecule has 1 heterocycles. The number of amidine groups is 1. The number of nitrogens with zero attached hydrogens (tertiary/aromatic N) is 2. The van der Waals surface area contributed by atoms with Gasteiger partial charge in [0.25, 0.3) is 0 Å². The number of amides is 3. The number of thiazole rings is 1. The number of aromatic nitrogens is 1. The highest BCUT2D eigenvalue weighted by atomic mass is 32.1. The first kappa shape index (κ1) is 42.3. The van der Waals surface area contributed by atoms with Crippen molar-refractivity contribution in [2.75, 3.05) is 20.3 Å². The highest BCUT2D eigenvalue weighted by Gasteiger charge is 2.40. The lowest BCUT2D eigenvalue weighted by atomic mass is 9.82. The minimum absolute atomic E-state index is 0.0217. The molecular formula is C36H57N7O6S. The molecule has 14 heteroatoms. The summed E-state index contributed by atoms with van der Waals surface area (Å²) >= 11 is 1.29. The average molecular weight is 716 g/mol. The van der Waals surface area contributed by atoms with E-state index in [0.717, 1.165) is 5.56 Å². The van der Waals surface area contributed by atoms with Crippen molar-refractivity contribution in [3.63, 3.8) is 0 Å². The van der Waals surface area contributed by atoms with Crippen LogP contribution in [0.5, 0.6) is 0 Å². The minimum atomic E-state index is -1.07. The van der Waals surface area contributed by atoms with Crippen molar-refractivity contribution in [3.8, 4) is 0 Å². The maximum absolute atomic E-state index is 14.4. The van der Waals surface area contributed by atoms with Crippen LogP contribution in [0.3, 0.4) is 0 Å². The van der Waals surface area contributed by atoms with Gasteiger partial charge in [0.15, 0.2) is 0 Å². The number of aliphatic hydroxyl groups excluding tert-OH is 1. The lowest BCUT2D eigenvalue weighted by molar-refractivity contribution is -0.141. The number of hydrogen-bond donors (Lipinski definition) is 6. The molecule has 0 saturated carbocycles. The van der Waals surface area contributed by atoms with E-state index in [9.17, 15) is 24.3 Å². The average Bonchev–Trinajstić information content (AvgIpc) is 3.59. The SMILES string of the molecule is COC(=O)C[C@@H](NC(=O)[C@@H](NC(=O)[C@@H](NC(=NCCO)[C@@H](NC(=O)[C@@H](N)C(C)C)C(C)(C)C)C(C)(C)C)[C@@H](C)c1ccccc1)c1nccs1. The Hall–Kier alpha value is -3.88. The number of aliphatic imine (C=N–C) groups is 1. The lowest BCUT2D eigenvalue weighted by Gasteiger charge is -2.39. The monoisotopic (exact) mass is 715 g/mol. The molecule has 13 nitrogen and oxygen atoms in total. The van der Waals surface area contributed by atoms with E-state index >= 15 is 0 Å². The highest BCUT2D eigenvalue weighted by molar-refractivity contribution is 7.09. The number of esters is 1. The molecule has 0 radical (unpaired) electrons. The van der Waals surface area contributed by atoms with Gasteiger partial charge < -0.3 is 36.8 Å². The summed E-state index contributed by atoms with van der Waals surface area (Å²) in [4.78, 5) is 63.0. The van der Waals surface area contributed by atoms with Crippen LogP contribution in [0.15, 0.2) is 46.9 Å². The van der Waals surface area contributed by atoms with Crippen LogP contribution >= 0.6 is 11.3 Å². The second kappa shape index (κ2) is 18.9. The van der Waals surface area contributed by atoms with Gasteiger partial charge in [0.1, 0.15) is 22.9 Å². The van der Waals surface area contributed by atoms with Gasteiger partial charge in [-0.3, -0.25) is 24.2 Å². The molecule has 0 aliphatic heterocycles. The minimum Gasteiger partial charge on any atom is -0.469 e. The van der Waals surface area contributed by atoms with Gasteiger partial charge >= 0.3 is 5.97 Å². The van der Waals surface area contributed by atoms with Crippen LogP contribution in [0.25, 0.3) is 0 Å². The summed E-state index contributed by atoms with van der Waals surface area (Å²) in [6.07, 6.45) is 1.44. The third kappa shape index (κ3) is 12.5. The zero-order valence-corrected chi connectivity index (χ0v) is 31.9. The Balaban J connectivity index is 2.55. The lowest BCUT2D eigenvalue weighted by Crippen LogP contribution is -2.63. The standard InChI is InChI=1S/C36H57N7O6S/c1-21(2)26(37)31(46)43-28(35(4,5)6)30(38-16-18-44)42-29(36(7,8)9)33(48)41-27(22(3)23-14-12-11-13-15-23)32(47)40-24(20-25(45)49-10)34-39-17-19-50-34/h11-15,17,19,21-22,24,26-29,44H,16,18,20,37H2,1-10H3,(H,38,42)(H,40,47)(H,41,48)(H,43,46)/t22-,24+,26-,27-,28+,29+/m0/s1. The molecule has 0 saturated heterocycles. The largest absolute Gasteiger partial charge is 0.469 e. The predicted octanol–water partition coefficient (Wildman–Crippen LogP) is 3.06. The van der Waals surface area contributed by atoms with Gasteiger partial charge in [-0.1, -0.05) is 92.6 Å². The fraction of sp³-hybridized carbons (Fsp3) is 0.611. The molecule has 278 valence electrons. The third-order valence-electron chi connectivity index (χ3n) is 8.32. The molecule has 7 N–H and O–H groups in total. The molecule has 0 unspecified atom stereocenters. The number of carbonyl (C=O) groups is 4. The number of rotatable bonds is 16. The van der Waals surface area contributed by atoms with E-state index in [1.54, 1.807) is 11.6 Å². The van der Waals surface area contributed by atoms with Crippen LogP contribution in [-0.2, 0) is 23.9 Å². The Morgan fingerprint density at radius 3 is 2.02 bits per heavy atom. The first-order chi connectivity index (χ1) is 23.3. The quantitative estimate of drug-likeness (QED) is 0.0860. The molecule has 0 bridgehead atoms. The summed E-state index contributed by atoms with van der Waals surface area (Å²) in [7, 11) is 1.27. The number of aliphatic hydroxyl groups is 1. The fourth-order valence-electron chi connectivity index (χ4n) is 5.17. The summed E-state index contributed by atoms with van der Waals surface area (Å²) in [5.74, 6) is -2.21. The Kier molecular flexibility index (Phi) is 16.0.